The normalized spacial score (nSPS) is 12.1. The molecule has 0 aliphatic heterocycles. The summed E-state index contributed by atoms with van der Waals surface area (Å²) in [4.78, 5) is 11.0. The number of hydrogen-bond donors (Lipinski definition) is 1. The van der Waals surface area contributed by atoms with E-state index in [4.69, 9.17) is 9.84 Å². The maximum Gasteiger partial charge on any atom is 0.416 e. The number of carboxylic acid groups (broad SMARTS) is 1. The maximum atomic E-state index is 13.5. The lowest BCUT2D eigenvalue weighted by Gasteiger charge is -2.29. The van der Waals surface area contributed by atoms with E-state index in [1.165, 1.54) is 24.3 Å². The Labute approximate surface area is 205 Å². The van der Waals surface area contributed by atoms with Crippen molar-refractivity contribution in [1.82, 2.24) is 0 Å². The summed E-state index contributed by atoms with van der Waals surface area (Å²) >= 11 is 1.05. The van der Waals surface area contributed by atoms with Crippen molar-refractivity contribution in [1.29, 1.82) is 0 Å². The lowest BCUT2D eigenvalue weighted by Crippen LogP contribution is -2.37. The molecule has 0 saturated heterocycles. The van der Waals surface area contributed by atoms with Crippen LogP contribution in [0, 0.1) is 0 Å². The van der Waals surface area contributed by atoms with Crippen LogP contribution in [0.1, 0.15) is 47.8 Å². The SMILES string of the molecule is CCc1csc(S(=O)(=O)N(c2ccc(C(F)(F)F)cc2OCc2ccc(C(=O)O)cc2)C(C)C)c1. The van der Waals surface area contributed by atoms with E-state index in [-0.39, 0.29) is 27.8 Å². The van der Waals surface area contributed by atoms with E-state index in [1.807, 2.05) is 6.92 Å². The summed E-state index contributed by atoms with van der Waals surface area (Å²) in [5.74, 6) is -1.37. The lowest BCUT2D eigenvalue weighted by atomic mass is 10.1. The third kappa shape index (κ3) is 5.96. The number of aryl methyl sites for hydroxylation is 1. The van der Waals surface area contributed by atoms with Crippen LogP contribution in [-0.4, -0.2) is 25.5 Å². The Morgan fingerprint density at radius 2 is 1.74 bits per heavy atom. The number of halogens is 3. The van der Waals surface area contributed by atoms with E-state index in [2.05, 4.69) is 0 Å². The molecule has 0 saturated carbocycles. The predicted octanol–water partition coefficient (Wildman–Crippen LogP) is 6.21. The molecule has 0 amide bonds. The minimum Gasteiger partial charge on any atom is -0.487 e. The van der Waals surface area contributed by atoms with Gasteiger partial charge in [-0.05, 0) is 73.2 Å². The highest BCUT2D eigenvalue weighted by Gasteiger charge is 2.35. The highest BCUT2D eigenvalue weighted by molar-refractivity contribution is 7.94. The third-order valence-electron chi connectivity index (χ3n) is 5.14. The van der Waals surface area contributed by atoms with Gasteiger partial charge in [0.15, 0.2) is 0 Å². The molecule has 1 heterocycles. The van der Waals surface area contributed by atoms with Gasteiger partial charge < -0.3 is 9.84 Å². The molecule has 0 spiro atoms. The van der Waals surface area contributed by atoms with E-state index >= 15 is 0 Å². The van der Waals surface area contributed by atoms with Gasteiger partial charge in [0.25, 0.3) is 10.0 Å². The number of ether oxygens (including phenoxy) is 1. The fraction of sp³-hybridized carbons (Fsp3) is 0.292. The van der Waals surface area contributed by atoms with Crippen molar-refractivity contribution in [2.45, 2.75) is 50.2 Å². The smallest absolute Gasteiger partial charge is 0.416 e. The van der Waals surface area contributed by atoms with Gasteiger partial charge in [0, 0.05) is 6.04 Å². The van der Waals surface area contributed by atoms with Crippen molar-refractivity contribution in [3.63, 3.8) is 0 Å². The second kappa shape index (κ2) is 10.3. The van der Waals surface area contributed by atoms with Gasteiger partial charge in [-0.15, -0.1) is 11.3 Å². The highest BCUT2D eigenvalue weighted by atomic mass is 32.2. The van der Waals surface area contributed by atoms with Crippen LogP contribution in [0.25, 0.3) is 0 Å². The molecule has 0 fully saturated rings. The number of nitrogens with zero attached hydrogens (tertiary/aromatic N) is 1. The van der Waals surface area contributed by atoms with Gasteiger partial charge in [-0.25, -0.2) is 13.2 Å². The van der Waals surface area contributed by atoms with E-state index < -0.39 is 33.8 Å². The number of carboxylic acids is 1. The van der Waals surface area contributed by atoms with Crippen molar-refractivity contribution in [3.8, 4) is 5.75 Å². The Bertz CT molecular complexity index is 1300. The lowest BCUT2D eigenvalue weighted by molar-refractivity contribution is -0.137. The molecule has 1 aromatic heterocycles. The first kappa shape index (κ1) is 26.6. The second-order valence-electron chi connectivity index (χ2n) is 7.99. The first-order chi connectivity index (χ1) is 16.3. The largest absolute Gasteiger partial charge is 0.487 e. The van der Waals surface area contributed by atoms with Gasteiger partial charge in [0.1, 0.15) is 16.6 Å². The standard InChI is InChI=1S/C24H24F3NO5S2/c1-4-16-11-22(34-14-16)35(31,32)28(15(2)3)20-10-9-19(24(25,26)27)12-21(20)33-13-17-5-7-18(8-6-17)23(29)30/h5-12,14-15H,4,13H2,1-3H3,(H,29,30). The Kier molecular flexibility index (Phi) is 7.80. The molecule has 0 atom stereocenters. The molecule has 11 heteroatoms. The zero-order valence-electron chi connectivity index (χ0n) is 19.2. The number of benzene rings is 2. The van der Waals surface area contributed by atoms with Gasteiger partial charge >= 0.3 is 12.1 Å². The van der Waals surface area contributed by atoms with Gasteiger partial charge in [-0.1, -0.05) is 19.1 Å². The fourth-order valence-corrected chi connectivity index (χ4v) is 6.40. The van der Waals surface area contributed by atoms with Crippen LogP contribution in [-0.2, 0) is 29.2 Å². The van der Waals surface area contributed by atoms with Gasteiger partial charge in [0.05, 0.1) is 16.8 Å². The molecule has 0 radical (unpaired) electrons. The molecular weight excluding hydrogens is 503 g/mol. The van der Waals surface area contributed by atoms with Gasteiger partial charge in [0.2, 0.25) is 0 Å². The summed E-state index contributed by atoms with van der Waals surface area (Å²) in [6.45, 7) is 4.94. The van der Waals surface area contributed by atoms with Crippen LogP contribution in [0.4, 0.5) is 18.9 Å². The molecule has 0 aliphatic carbocycles. The Hall–Kier alpha value is -3.05. The number of sulfonamides is 1. The van der Waals surface area contributed by atoms with Crippen molar-refractivity contribution in [2.75, 3.05) is 4.31 Å². The predicted molar refractivity (Wildman–Crippen MR) is 128 cm³/mol. The summed E-state index contributed by atoms with van der Waals surface area (Å²) in [5, 5.41) is 10.8. The van der Waals surface area contributed by atoms with Crippen LogP contribution >= 0.6 is 11.3 Å². The van der Waals surface area contributed by atoms with Crippen molar-refractivity contribution in [2.24, 2.45) is 0 Å². The van der Waals surface area contributed by atoms with Crippen molar-refractivity contribution >= 4 is 33.0 Å². The molecule has 188 valence electrons. The van der Waals surface area contributed by atoms with Crippen LogP contribution in [0.2, 0.25) is 0 Å². The number of alkyl halides is 3. The van der Waals surface area contributed by atoms with Gasteiger partial charge in [-0.2, -0.15) is 13.2 Å². The Morgan fingerprint density at radius 3 is 2.26 bits per heavy atom. The average Bonchev–Trinajstić information content (AvgIpc) is 3.28. The number of carbonyl (C=O) groups is 1. The first-order valence-corrected chi connectivity index (χ1v) is 12.9. The van der Waals surface area contributed by atoms with E-state index in [9.17, 15) is 26.4 Å². The topological polar surface area (TPSA) is 83.9 Å². The zero-order chi connectivity index (χ0) is 26.0. The first-order valence-electron chi connectivity index (χ1n) is 10.6. The van der Waals surface area contributed by atoms with Crippen LogP contribution < -0.4 is 9.04 Å². The minimum absolute atomic E-state index is 0.0263. The molecule has 2 aromatic carbocycles. The number of thiophene rings is 1. The quantitative estimate of drug-likeness (QED) is 0.358. The fourth-order valence-electron chi connectivity index (χ4n) is 3.35. The molecule has 6 nitrogen and oxygen atoms in total. The minimum atomic E-state index is -4.66. The summed E-state index contributed by atoms with van der Waals surface area (Å²) < 4.78 is 74.2. The molecule has 0 aliphatic rings. The number of hydrogen-bond acceptors (Lipinski definition) is 5. The van der Waals surface area contributed by atoms with E-state index in [0.29, 0.717) is 12.0 Å². The third-order valence-corrected chi connectivity index (χ3v) is 8.59. The van der Waals surface area contributed by atoms with Crippen LogP contribution in [0.5, 0.6) is 5.75 Å². The summed E-state index contributed by atoms with van der Waals surface area (Å²) in [6.07, 6.45) is -4.02. The monoisotopic (exact) mass is 527 g/mol. The van der Waals surface area contributed by atoms with Gasteiger partial charge in [-0.3, -0.25) is 4.31 Å². The van der Waals surface area contributed by atoms with Crippen LogP contribution in [0.3, 0.4) is 0 Å². The summed E-state index contributed by atoms with van der Waals surface area (Å²) in [5.41, 5.74) is 0.381. The van der Waals surface area contributed by atoms with E-state index in [0.717, 1.165) is 39.4 Å². The molecular formula is C24H24F3NO5S2. The number of aromatic carboxylic acids is 1. The number of anilines is 1. The van der Waals surface area contributed by atoms with Crippen LogP contribution in [0.15, 0.2) is 58.1 Å². The molecule has 3 aromatic rings. The summed E-state index contributed by atoms with van der Waals surface area (Å²) in [6, 6.07) is 9.28. The number of rotatable bonds is 9. The molecule has 35 heavy (non-hydrogen) atoms. The second-order valence-corrected chi connectivity index (χ2v) is 10.9. The van der Waals surface area contributed by atoms with Crippen molar-refractivity contribution < 1.29 is 36.2 Å². The Morgan fingerprint density at radius 1 is 1.09 bits per heavy atom. The maximum absolute atomic E-state index is 13.5. The molecule has 3 rings (SSSR count). The average molecular weight is 528 g/mol. The highest BCUT2D eigenvalue weighted by Crippen LogP contribution is 2.40. The van der Waals surface area contributed by atoms with E-state index in [1.54, 1.807) is 25.3 Å². The molecule has 1 N–H and O–H groups in total. The zero-order valence-corrected chi connectivity index (χ0v) is 20.8. The molecule has 0 bridgehead atoms. The van der Waals surface area contributed by atoms with Crippen molar-refractivity contribution in [3.05, 3.63) is 76.2 Å². The molecule has 0 unspecified atom stereocenters. The Balaban J connectivity index is 2.05. The summed E-state index contributed by atoms with van der Waals surface area (Å²) in [7, 11) is -4.09.